The highest BCUT2D eigenvalue weighted by atomic mass is 31.2. The van der Waals surface area contributed by atoms with Gasteiger partial charge in [0.25, 0.3) is 7.82 Å². The minimum absolute atomic E-state index is 0.00107. The monoisotopic (exact) mass is 951 g/mol. The molecule has 0 saturated carbocycles. The molecule has 0 aromatic carbocycles. The summed E-state index contributed by atoms with van der Waals surface area (Å²) in [6, 6.07) is -0.879. The van der Waals surface area contributed by atoms with Gasteiger partial charge in [-0.3, -0.25) is 9.36 Å². The Morgan fingerprint density at radius 3 is 1.29 bits per heavy atom. The number of aliphatic hydroxyl groups excluding tert-OH is 1. The lowest BCUT2D eigenvalue weighted by molar-refractivity contribution is -0.870. The fourth-order valence-corrected chi connectivity index (χ4v) is 9.09. The average Bonchev–Trinajstić information content (AvgIpc) is 3.27. The van der Waals surface area contributed by atoms with Gasteiger partial charge in [-0.1, -0.05) is 256 Å². The average molecular weight is 951 g/mol. The normalized spacial score (nSPS) is 14.2. The largest absolute Gasteiger partial charge is 0.756 e. The van der Waals surface area contributed by atoms with Crippen LogP contribution in [-0.2, 0) is 18.4 Å². The van der Waals surface area contributed by atoms with Crippen LogP contribution in [0.5, 0.6) is 0 Å². The van der Waals surface area contributed by atoms with Gasteiger partial charge in [-0.15, -0.1) is 0 Å². The number of quaternary nitrogens is 1. The summed E-state index contributed by atoms with van der Waals surface area (Å²) in [5.41, 5.74) is 0. The number of hydrogen-bond acceptors (Lipinski definition) is 6. The fraction of sp³-hybridized carbons (Fsp3) is 0.877. The van der Waals surface area contributed by atoms with Crippen LogP contribution >= 0.6 is 7.82 Å². The number of hydrogen-bond donors (Lipinski definition) is 2. The number of carbonyl (C=O) groups is 1. The van der Waals surface area contributed by atoms with Crippen molar-refractivity contribution in [3.05, 3.63) is 36.5 Å². The molecule has 9 heteroatoms. The van der Waals surface area contributed by atoms with Crippen molar-refractivity contribution in [3.8, 4) is 0 Å². The van der Waals surface area contributed by atoms with Gasteiger partial charge < -0.3 is 28.8 Å². The lowest BCUT2D eigenvalue weighted by Gasteiger charge is -2.29. The van der Waals surface area contributed by atoms with Crippen molar-refractivity contribution in [1.29, 1.82) is 0 Å². The van der Waals surface area contributed by atoms with Crippen LogP contribution < -0.4 is 10.2 Å². The van der Waals surface area contributed by atoms with E-state index in [4.69, 9.17) is 9.05 Å². The van der Waals surface area contributed by atoms with Crippen LogP contribution in [0.2, 0.25) is 0 Å². The number of rotatable bonds is 52. The van der Waals surface area contributed by atoms with E-state index in [2.05, 4.69) is 36.5 Å². The number of phosphoric acid groups is 1. The maximum Gasteiger partial charge on any atom is 0.268 e. The van der Waals surface area contributed by atoms with Crippen LogP contribution in [0, 0.1) is 0 Å². The van der Waals surface area contributed by atoms with Crippen LogP contribution in [0.15, 0.2) is 36.5 Å². The second-order valence-electron chi connectivity index (χ2n) is 20.6. The molecule has 0 heterocycles. The molecular formula is C57H111N2O6P. The van der Waals surface area contributed by atoms with E-state index in [1.807, 2.05) is 34.1 Å². The Kier molecular flexibility index (Phi) is 47.8. The molecule has 8 nitrogen and oxygen atoms in total. The SMILES string of the molecule is CCC/C=C/C(O)C(COP(=O)([O-])OCC[N+](C)(C)C)NC(=O)CCCCCCCCCCCCCCCCCCCCCCCCCCCCCCC/C=C\C/C=C\CCCCCCC. The van der Waals surface area contributed by atoms with Gasteiger partial charge >= 0.3 is 0 Å². The second-order valence-corrected chi connectivity index (χ2v) is 22.1. The first-order chi connectivity index (χ1) is 32.0. The van der Waals surface area contributed by atoms with E-state index in [9.17, 15) is 19.4 Å². The third kappa shape index (κ3) is 50.6. The summed E-state index contributed by atoms with van der Waals surface area (Å²) < 4.78 is 22.9. The number of unbranched alkanes of at least 4 members (excludes halogenated alkanes) is 35. The summed E-state index contributed by atoms with van der Waals surface area (Å²) in [5.74, 6) is -0.205. The van der Waals surface area contributed by atoms with Crippen LogP contribution in [0.4, 0.5) is 0 Å². The molecule has 0 aliphatic rings. The van der Waals surface area contributed by atoms with E-state index in [-0.39, 0.29) is 19.1 Å². The van der Waals surface area contributed by atoms with Gasteiger partial charge in [0.15, 0.2) is 0 Å². The lowest BCUT2D eigenvalue weighted by Crippen LogP contribution is -2.45. The molecule has 3 atom stereocenters. The van der Waals surface area contributed by atoms with E-state index in [0.717, 1.165) is 38.5 Å². The maximum absolute atomic E-state index is 12.7. The molecule has 0 aliphatic carbocycles. The molecule has 390 valence electrons. The summed E-state index contributed by atoms with van der Waals surface area (Å²) in [6.45, 7) is 4.43. The van der Waals surface area contributed by atoms with Gasteiger partial charge in [-0.2, -0.15) is 0 Å². The number of phosphoric ester groups is 1. The van der Waals surface area contributed by atoms with Crippen LogP contribution in [-0.4, -0.2) is 68.5 Å². The highest BCUT2D eigenvalue weighted by molar-refractivity contribution is 7.45. The lowest BCUT2D eigenvalue weighted by atomic mass is 10.0. The van der Waals surface area contributed by atoms with Crippen molar-refractivity contribution in [3.63, 3.8) is 0 Å². The van der Waals surface area contributed by atoms with Crippen molar-refractivity contribution >= 4 is 13.7 Å². The smallest absolute Gasteiger partial charge is 0.268 e. The molecule has 0 rings (SSSR count). The van der Waals surface area contributed by atoms with Crippen LogP contribution in [0.3, 0.4) is 0 Å². The maximum atomic E-state index is 12.7. The fourth-order valence-electron chi connectivity index (χ4n) is 8.37. The molecule has 66 heavy (non-hydrogen) atoms. The zero-order valence-electron chi connectivity index (χ0n) is 44.4. The molecule has 0 saturated heterocycles. The van der Waals surface area contributed by atoms with E-state index in [1.54, 1.807) is 6.08 Å². The van der Waals surface area contributed by atoms with Gasteiger partial charge in [-0.05, 0) is 44.9 Å². The summed E-state index contributed by atoms with van der Waals surface area (Å²) >= 11 is 0. The Morgan fingerprint density at radius 2 is 0.909 bits per heavy atom. The van der Waals surface area contributed by atoms with Gasteiger partial charge in [0.2, 0.25) is 5.91 Å². The first-order valence-electron chi connectivity index (χ1n) is 28.4. The molecule has 1 amide bonds. The quantitative estimate of drug-likeness (QED) is 0.0272. The Balaban J connectivity index is 3.56. The topological polar surface area (TPSA) is 108 Å². The second kappa shape index (κ2) is 48.7. The first-order valence-corrected chi connectivity index (χ1v) is 29.8. The Labute approximate surface area is 410 Å². The van der Waals surface area contributed by atoms with Crippen molar-refractivity contribution in [1.82, 2.24) is 5.32 Å². The van der Waals surface area contributed by atoms with Gasteiger partial charge in [0, 0.05) is 6.42 Å². The standard InChI is InChI=1S/C57H111N2O6P/c1-6-8-10-11-12-13-14-15-16-17-18-19-20-21-22-23-24-25-26-27-28-29-30-31-32-33-34-35-36-37-38-39-40-41-42-43-44-45-46-47-49-51-57(61)58-55(56(60)50-48-9-7-2)54-65-66(62,63)64-53-52-59(3,4)5/h14-15,17-18,48,50,55-56,60H,6-13,16,19-47,49,51-54H2,1-5H3,(H-,58,61,62,63)/b15-14-,18-17-,50-48+. The number of allylic oxidation sites excluding steroid dienone is 5. The zero-order chi connectivity index (χ0) is 48.5. The first kappa shape index (κ1) is 64.7. The predicted molar refractivity (Wildman–Crippen MR) is 284 cm³/mol. The van der Waals surface area contributed by atoms with E-state index in [1.165, 1.54) is 212 Å². The summed E-state index contributed by atoms with van der Waals surface area (Å²) in [5, 5.41) is 13.4. The molecule has 0 aliphatic heterocycles. The Morgan fingerprint density at radius 1 is 0.530 bits per heavy atom. The van der Waals surface area contributed by atoms with E-state index < -0.39 is 20.0 Å². The van der Waals surface area contributed by atoms with Gasteiger partial charge in [0.05, 0.1) is 39.9 Å². The number of likely N-dealkylation sites (N-methyl/N-ethyl adjacent to an activating group) is 1. The summed E-state index contributed by atoms with van der Waals surface area (Å²) in [4.78, 5) is 25.0. The van der Waals surface area contributed by atoms with Crippen LogP contribution in [0.25, 0.3) is 0 Å². The van der Waals surface area contributed by atoms with Crippen molar-refractivity contribution in [2.45, 2.75) is 283 Å². The van der Waals surface area contributed by atoms with Gasteiger partial charge in [0.1, 0.15) is 13.2 Å². The third-order valence-corrected chi connectivity index (χ3v) is 13.8. The molecule has 0 radical (unpaired) electrons. The number of nitrogens with one attached hydrogen (secondary N) is 1. The highest BCUT2D eigenvalue weighted by Gasteiger charge is 2.23. The molecular weight excluding hydrogens is 840 g/mol. The highest BCUT2D eigenvalue weighted by Crippen LogP contribution is 2.38. The van der Waals surface area contributed by atoms with Crippen molar-refractivity contribution in [2.24, 2.45) is 0 Å². The minimum Gasteiger partial charge on any atom is -0.756 e. The Hall–Kier alpha value is -1.28. The minimum atomic E-state index is -4.56. The molecule has 0 spiro atoms. The van der Waals surface area contributed by atoms with Crippen molar-refractivity contribution in [2.75, 3.05) is 40.9 Å². The van der Waals surface area contributed by atoms with Crippen LogP contribution in [0.1, 0.15) is 271 Å². The third-order valence-electron chi connectivity index (χ3n) is 12.8. The molecule has 0 aromatic heterocycles. The van der Waals surface area contributed by atoms with E-state index in [0.29, 0.717) is 17.4 Å². The molecule has 0 bridgehead atoms. The molecule has 0 aromatic rings. The van der Waals surface area contributed by atoms with E-state index >= 15 is 0 Å². The molecule has 0 fully saturated rings. The zero-order valence-corrected chi connectivity index (χ0v) is 45.3. The number of amides is 1. The number of nitrogens with zero attached hydrogens (tertiary/aromatic N) is 1. The van der Waals surface area contributed by atoms with Crippen molar-refractivity contribution < 1.29 is 32.9 Å². The Bertz CT molecular complexity index is 1170. The number of aliphatic hydroxyl groups is 1. The molecule has 2 N–H and O–H groups in total. The summed E-state index contributed by atoms with van der Waals surface area (Å²) in [6.07, 6.45) is 63.7. The predicted octanol–water partition coefficient (Wildman–Crippen LogP) is 16.4. The molecule has 3 unspecified atom stereocenters. The summed E-state index contributed by atoms with van der Waals surface area (Å²) in [7, 11) is 1.26. The van der Waals surface area contributed by atoms with Gasteiger partial charge in [-0.25, -0.2) is 0 Å². The number of carbonyl (C=O) groups excluding carboxylic acids is 1.